The van der Waals surface area contributed by atoms with Gasteiger partial charge in [0.2, 0.25) is 0 Å². The van der Waals surface area contributed by atoms with Crippen LogP contribution in [0.5, 0.6) is 5.75 Å². The number of halogens is 1. The van der Waals surface area contributed by atoms with Crippen molar-refractivity contribution in [2.75, 3.05) is 0 Å². The predicted molar refractivity (Wildman–Crippen MR) is 77.1 cm³/mol. The molecule has 0 aliphatic heterocycles. The van der Waals surface area contributed by atoms with Crippen LogP contribution in [0.2, 0.25) is 5.02 Å². The van der Waals surface area contributed by atoms with Crippen molar-refractivity contribution in [3.8, 4) is 5.75 Å². The predicted octanol–water partition coefficient (Wildman–Crippen LogP) is 3.45. The van der Waals surface area contributed by atoms with Crippen LogP contribution in [0.25, 0.3) is 10.9 Å². The first-order valence-electron chi connectivity index (χ1n) is 6.02. The second kappa shape index (κ2) is 4.98. The zero-order valence-electron chi connectivity index (χ0n) is 10.7. The summed E-state index contributed by atoms with van der Waals surface area (Å²) < 4.78 is 7.25. The maximum Gasteiger partial charge on any atom is 0.344 e. The van der Waals surface area contributed by atoms with Gasteiger partial charge in [-0.05, 0) is 18.2 Å². The molecule has 5 heteroatoms. The van der Waals surface area contributed by atoms with E-state index in [-0.39, 0.29) is 0 Å². The van der Waals surface area contributed by atoms with Gasteiger partial charge in [-0.15, -0.1) is 0 Å². The fraction of sp³-hybridized carbons (Fsp3) is 0.0667. The zero-order valence-corrected chi connectivity index (χ0v) is 11.5. The smallest absolute Gasteiger partial charge is 0.344 e. The molecule has 0 saturated heterocycles. The number of nitrogens with zero attached hydrogens (tertiary/aromatic N) is 2. The number of aryl methyl sites for hydroxylation is 1. The molecule has 4 nitrogen and oxygen atoms in total. The number of hydrogen-bond donors (Lipinski definition) is 0. The minimum Gasteiger partial charge on any atom is -0.421 e. The quantitative estimate of drug-likeness (QED) is 0.678. The first kappa shape index (κ1) is 12.7. The summed E-state index contributed by atoms with van der Waals surface area (Å²) in [5.74, 6) is -0.0960. The average Bonchev–Trinajstić information content (AvgIpc) is 2.81. The number of aromatic nitrogens is 2. The lowest BCUT2D eigenvalue weighted by Gasteiger charge is -2.05. The second-order valence-electron chi connectivity index (χ2n) is 4.39. The Kier molecular flexibility index (Phi) is 3.16. The van der Waals surface area contributed by atoms with E-state index in [1.54, 1.807) is 12.1 Å². The van der Waals surface area contributed by atoms with Crippen molar-refractivity contribution in [1.29, 1.82) is 0 Å². The van der Waals surface area contributed by atoms with Gasteiger partial charge < -0.3 is 9.30 Å². The molecule has 0 atom stereocenters. The molecule has 0 saturated carbocycles. The van der Waals surface area contributed by atoms with Crippen LogP contribution in [0, 0.1) is 0 Å². The molecule has 100 valence electrons. The molecule has 0 spiro atoms. The summed E-state index contributed by atoms with van der Waals surface area (Å²) in [7, 11) is 1.93. The summed E-state index contributed by atoms with van der Waals surface area (Å²) in [5, 5.41) is 1.28. The highest BCUT2D eigenvalue weighted by atomic mass is 35.5. The van der Waals surface area contributed by atoms with Crippen molar-refractivity contribution in [2.24, 2.45) is 7.05 Å². The molecule has 0 unspecified atom stereocenters. The zero-order chi connectivity index (χ0) is 14.1. The largest absolute Gasteiger partial charge is 0.421 e. The van der Waals surface area contributed by atoms with Gasteiger partial charge in [0.25, 0.3) is 0 Å². The summed E-state index contributed by atoms with van der Waals surface area (Å²) in [6.45, 7) is 0. The molecule has 3 rings (SSSR count). The third-order valence-corrected chi connectivity index (χ3v) is 3.24. The van der Waals surface area contributed by atoms with Crippen LogP contribution in [0.4, 0.5) is 0 Å². The molecule has 0 radical (unpaired) electrons. The van der Waals surface area contributed by atoms with Crippen LogP contribution in [-0.2, 0) is 7.05 Å². The molecular weight excluding hydrogens is 276 g/mol. The fourth-order valence-corrected chi connectivity index (χ4v) is 2.25. The van der Waals surface area contributed by atoms with Gasteiger partial charge in [0, 0.05) is 36.4 Å². The summed E-state index contributed by atoms with van der Waals surface area (Å²) in [6.07, 6.45) is 4.84. The van der Waals surface area contributed by atoms with Gasteiger partial charge >= 0.3 is 5.97 Å². The molecule has 0 aliphatic rings. The first-order chi connectivity index (χ1) is 9.65. The maximum atomic E-state index is 12.2. The van der Waals surface area contributed by atoms with Gasteiger partial charge in [0.05, 0.1) is 16.8 Å². The highest BCUT2D eigenvalue weighted by Gasteiger charge is 2.14. The van der Waals surface area contributed by atoms with Crippen LogP contribution in [0.15, 0.2) is 48.9 Å². The molecule has 2 aromatic heterocycles. The summed E-state index contributed by atoms with van der Waals surface area (Å²) in [4.78, 5) is 16.1. The Morgan fingerprint density at radius 3 is 2.95 bits per heavy atom. The molecule has 0 amide bonds. The van der Waals surface area contributed by atoms with Crippen LogP contribution in [-0.4, -0.2) is 15.5 Å². The monoisotopic (exact) mass is 286 g/mol. The Hall–Kier alpha value is -2.33. The Balaban J connectivity index is 1.97. The van der Waals surface area contributed by atoms with Crippen molar-refractivity contribution < 1.29 is 9.53 Å². The maximum absolute atomic E-state index is 12.2. The number of carbonyl (C=O) groups excluding carboxylic acids is 1. The van der Waals surface area contributed by atoms with E-state index in [1.807, 2.05) is 36.0 Å². The van der Waals surface area contributed by atoms with Crippen LogP contribution < -0.4 is 4.74 Å². The lowest BCUT2D eigenvalue weighted by Crippen LogP contribution is -2.09. The first-order valence-corrected chi connectivity index (χ1v) is 6.40. The van der Waals surface area contributed by atoms with Crippen LogP contribution in [0.3, 0.4) is 0 Å². The van der Waals surface area contributed by atoms with E-state index in [9.17, 15) is 4.79 Å². The SMILES string of the molecule is Cn1ccc2c(C(=O)Oc3cncc(Cl)c3)cccc21. The normalized spacial score (nSPS) is 10.7. The fourth-order valence-electron chi connectivity index (χ4n) is 2.09. The van der Waals surface area contributed by atoms with Gasteiger partial charge in [-0.1, -0.05) is 17.7 Å². The number of fused-ring (bicyclic) bond motifs is 1. The van der Waals surface area contributed by atoms with E-state index in [1.165, 1.54) is 12.4 Å². The number of rotatable bonds is 2. The van der Waals surface area contributed by atoms with E-state index in [4.69, 9.17) is 16.3 Å². The highest BCUT2D eigenvalue weighted by Crippen LogP contribution is 2.22. The summed E-state index contributed by atoms with van der Waals surface area (Å²) in [6, 6.07) is 8.96. The molecule has 20 heavy (non-hydrogen) atoms. The van der Waals surface area contributed by atoms with E-state index < -0.39 is 5.97 Å². The molecule has 2 heterocycles. The molecule has 3 aromatic rings. The topological polar surface area (TPSA) is 44.1 Å². The number of hydrogen-bond acceptors (Lipinski definition) is 3. The van der Waals surface area contributed by atoms with Crippen molar-refractivity contribution in [1.82, 2.24) is 9.55 Å². The van der Waals surface area contributed by atoms with Gasteiger partial charge in [-0.2, -0.15) is 0 Å². The van der Waals surface area contributed by atoms with Crippen LogP contribution >= 0.6 is 11.6 Å². The molecule has 0 N–H and O–H groups in total. The van der Waals surface area contributed by atoms with Gasteiger partial charge in [0.15, 0.2) is 5.75 Å². The molecule has 0 aliphatic carbocycles. The Bertz CT molecular complexity index is 795. The molecule has 1 aromatic carbocycles. The van der Waals surface area contributed by atoms with Gasteiger partial charge in [0.1, 0.15) is 0 Å². The number of esters is 1. The Labute approximate surface area is 120 Å². The third-order valence-electron chi connectivity index (χ3n) is 3.04. The number of benzene rings is 1. The number of ether oxygens (including phenoxy) is 1. The van der Waals surface area contributed by atoms with E-state index in [0.29, 0.717) is 16.3 Å². The summed E-state index contributed by atoms with van der Waals surface area (Å²) in [5.41, 5.74) is 1.49. The molecule has 0 fully saturated rings. The van der Waals surface area contributed by atoms with Crippen molar-refractivity contribution in [2.45, 2.75) is 0 Å². The Morgan fingerprint density at radius 2 is 2.15 bits per heavy atom. The van der Waals surface area contributed by atoms with Crippen molar-refractivity contribution in [3.63, 3.8) is 0 Å². The standard InChI is InChI=1S/C15H11ClN2O2/c1-18-6-5-12-13(3-2-4-14(12)18)15(19)20-11-7-10(16)8-17-9-11/h2-9H,1H3. The highest BCUT2D eigenvalue weighted by molar-refractivity contribution is 6.30. The number of carbonyl (C=O) groups is 1. The summed E-state index contributed by atoms with van der Waals surface area (Å²) >= 11 is 5.82. The van der Waals surface area contributed by atoms with Gasteiger partial charge in [-0.3, -0.25) is 4.98 Å². The van der Waals surface area contributed by atoms with E-state index >= 15 is 0 Å². The lowest BCUT2D eigenvalue weighted by atomic mass is 10.1. The minimum atomic E-state index is -0.425. The second-order valence-corrected chi connectivity index (χ2v) is 4.83. The van der Waals surface area contributed by atoms with Crippen molar-refractivity contribution >= 4 is 28.5 Å². The minimum absolute atomic E-state index is 0.329. The Morgan fingerprint density at radius 1 is 1.30 bits per heavy atom. The van der Waals surface area contributed by atoms with Crippen molar-refractivity contribution in [3.05, 3.63) is 59.5 Å². The molecular formula is C15H11ClN2O2. The van der Waals surface area contributed by atoms with Gasteiger partial charge in [-0.25, -0.2) is 4.79 Å². The van der Waals surface area contributed by atoms with Crippen LogP contribution in [0.1, 0.15) is 10.4 Å². The number of pyridine rings is 1. The van der Waals surface area contributed by atoms with E-state index in [2.05, 4.69) is 4.98 Å². The molecule has 0 bridgehead atoms. The lowest BCUT2D eigenvalue weighted by molar-refractivity contribution is 0.0736. The third kappa shape index (κ3) is 2.26. The average molecular weight is 287 g/mol. The van der Waals surface area contributed by atoms with E-state index in [0.717, 1.165) is 10.9 Å².